The molecule has 384 valence electrons. The number of allylic oxidation sites excluding steroid dienone is 14. The van der Waals surface area contributed by atoms with Crippen LogP contribution in [0.1, 0.15) is 265 Å². The van der Waals surface area contributed by atoms with Crippen molar-refractivity contribution in [2.45, 2.75) is 271 Å². The van der Waals surface area contributed by atoms with E-state index in [9.17, 15) is 14.4 Å². The molecule has 6 nitrogen and oxygen atoms in total. The largest absolute Gasteiger partial charge is 0.462 e. The standard InChI is InChI=1S/C61H104O6/c1-4-7-10-13-16-19-22-25-27-29-31-33-36-39-42-45-48-51-54-60(63)66-57-58(56-65-59(62)53-50-47-44-41-38-35-24-21-18-15-12-9-6-3)67-61(64)55-52-49-46-43-40-37-34-32-30-28-26-23-20-17-14-11-8-5-2/h9,12,15,18,21,24,27,29,31,33,35,38,41,44,58H,4-8,10-11,13-14,16-17,19-20,22-23,25-26,28,30,32,34,36-37,39-40,42-43,45-57H2,1-3H3/b12-9+,18-15+,24-21+,29-27+,33-31+,38-35+,44-41+. The lowest BCUT2D eigenvalue weighted by atomic mass is 10.0. The van der Waals surface area contributed by atoms with Crippen LogP contribution in [-0.4, -0.2) is 37.2 Å². The third-order valence-electron chi connectivity index (χ3n) is 12.0. The van der Waals surface area contributed by atoms with E-state index in [-0.39, 0.29) is 37.5 Å². The Morgan fingerprint density at radius 2 is 0.597 bits per heavy atom. The fourth-order valence-corrected chi connectivity index (χ4v) is 7.82. The summed E-state index contributed by atoms with van der Waals surface area (Å²) in [6.45, 7) is 6.43. The summed E-state index contributed by atoms with van der Waals surface area (Å²) in [5.74, 6) is -0.989. The second kappa shape index (κ2) is 55.2. The Labute approximate surface area is 414 Å². The van der Waals surface area contributed by atoms with Crippen molar-refractivity contribution in [2.75, 3.05) is 13.2 Å². The molecule has 0 saturated carbocycles. The lowest BCUT2D eigenvalue weighted by molar-refractivity contribution is -0.167. The van der Waals surface area contributed by atoms with Crippen LogP contribution in [0, 0.1) is 0 Å². The van der Waals surface area contributed by atoms with Gasteiger partial charge in [-0.15, -0.1) is 0 Å². The summed E-state index contributed by atoms with van der Waals surface area (Å²) >= 11 is 0. The van der Waals surface area contributed by atoms with Gasteiger partial charge in [0.2, 0.25) is 0 Å². The Balaban J connectivity index is 4.45. The summed E-state index contributed by atoms with van der Waals surface area (Å²) in [5, 5.41) is 0. The Kier molecular flexibility index (Phi) is 52.4. The molecule has 0 N–H and O–H groups in total. The van der Waals surface area contributed by atoms with Crippen molar-refractivity contribution in [1.29, 1.82) is 0 Å². The average molecular weight is 933 g/mol. The molecule has 0 aliphatic carbocycles. The van der Waals surface area contributed by atoms with Crippen LogP contribution < -0.4 is 0 Å². The van der Waals surface area contributed by atoms with Crippen LogP contribution in [0.3, 0.4) is 0 Å². The van der Waals surface area contributed by atoms with Gasteiger partial charge in [-0.1, -0.05) is 273 Å². The zero-order valence-corrected chi connectivity index (χ0v) is 43.9. The summed E-state index contributed by atoms with van der Waals surface area (Å²) in [6, 6.07) is 0. The lowest BCUT2D eigenvalue weighted by Gasteiger charge is -2.18. The van der Waals surface area contributed by atoms with E-state index >= 15 is 0 Å². The normalized spacial score (nSPS) is 12.7. The Hall–Kier alpha value is -3.41. The zero-order valence-electron chi connectivity index (χ0n) is 43.9. The average Bonchev–Trinajstić information content (AvgIpc) is 3.33. The van der Waals surface area contributed by atoms with Crippen molar-refractivity contribution in [3.63, 3.8) is 0 Å². The molecule has 0 amide bonds. The predicted octanol–water partition coefficient (Wildman–Crippen LogP) is 18.8. The predicted molar refractivity (Wildman–Crippen MR) is 288 cm³/mol. The van der Waals surface area contributed by atoms with Gasteiger partial charge in [-0.3, -0.25) is 14.4 Å². The maximum absolute atomic E-state index is 12.8. The number of carbonyl (C=O) groups is 3. The molecule has 67 heavy (non-hydrogen) atoms. The number of hydrogen-bond acceptors (Lipinski definition) is 6. The molecular formula is C61H104O6. The van der Waals surface area contributed by atoms with E-state index in [4.69, 9.17) is 14.2 Å². The highest BCUT2D eigenvalue weighted by atomic mass is 16.6. The molecule has 0 fully saturated rings. The fourth-order valence-electron chi connectivity index (χ4n) is 7.82. The first-order chi connectivity index (χ1) is 33.0. The number of esters is 3. The summed E-state index contributed by atoms with van der Waals surface area (Å²) < 4.78 is 16.8. The molecule has 0 bridgehead atoms. The molecule has 0 aliphatic heterocycles. The van der Waals surface area contributed by atoms with Gasteiger partial charge < -0.3 is 14.2 Å². The molecule has 6 heteroatoms. The van der Waals surface area contributed by atoms with Crippen LogP contribution in [-0.2, 0) is 28.6 Å². The van der Waals surface area contributed by atoms with Crippen LogP contribution in [0.15, 0.2) is 85.1 Å². The molecular weight excluding hydrogens is 829 g/mol. The highest BCUT2D eigenvalue weighted by molar-refractivity contribution is 5.71. The van der Waals surface area contributed by atoms with Crippen molar-refractivity contribution >= 4 is 17.9 Å². The quantitative estimate of drug-likeness (QED) is 0.0262. The number of hydrogen-bond donors (Lipinski definition) is 0. The van der Waals surface area contributed by atoms with Gasteiger partial charge in [0.05, 0.1) is 0 Å². The van der Waals surface area contributed by atoms with Gasteiger partial charge >= 0.3 is 17.9 Å². The van der Waals surface area contributed by atoms with E-state index in [1.807, 2.05) is 54.7 Å². The van der Waals surface area contributed by atoms with Crippen molar-refractivity contribution in [3.8, 4) is 0 Å². The van der Waals surface area contributed by atoms with Gasteiger partial charge in [-0.25, -0.2) is 0 Å². The highest BCUT2D eigenvalue weighted by Gasteiger charge is 2.19. The van der Waals surface area contributed by atoms with Gasteiger partial charge in [0.15, 0.2) is 6.10 Å². The Bertz CT molecular complexity index is 1300. The molecule has 0 rings (SSSR count). The fraction of sp³-hybridized carbons (Fsp3) is 0.721. The van der Waals surface area contributed by atoms with Gasteiger partial charge in [0.25, 0.3) is 0 Å². The molecule has 1 atom stereocenters. The second-order valence-corrected chi connectivity index (χ2v) is 18.6. The number of ether oxygens (including phenoxy) is 3. The van der Waals surface area contributed by atoms with Gasteiger partial charge in [0.1, 0.15) is 13.2 Å². The molecule has 0 saturated heterocycles. The smallest absolute Gasteiger partial charge is 0.306 e. The van der Waals surface area contributed by atoms with Crippen LogP contribution in [0.5, 0.6) is 0 Å². The maximum atomic E-state index is 12.8. The second-order valence-electron chi connectivity index (χ2n) is 18.6. The third kappa shape index (κ3) is 53.4. The van der Waals surface area contributed by atoms with Crippen LogP contribution in [0.2, 0.25) is 0 Å². The van der Waals surface area contributed by atoms with Crippen molar-refractivity contribution in [2.24, 2.45) is 0 Å². The van der Waals surface area contributed by atoms with Gasteiger partial charge in [0, 0.05) is 19.3 Å². The minimum atomic E-state index is -0.810. The monoisotopic (exact) mass is 933 g/mol. The minimum absolute atomic E-state index is 0.106. The van der Waals surface area contributed by atoms with Crippen molar-refractivity contribution in [3.05, 3.63) is 85.1 Å². The molecule has 0 radical (unpaired) electrons. The van der Waals surface area contributed by atoms with E-state index in [0.29, 0.717) is 19.3 Å². The zero-order chi connectivity index (χ0) is 48.6. The van der Waals surface area contributed by atoms with Gasteiger partial charge in [-0.05, 0) is 57.8 Å². The summed E-state index contributed by atoms with van der Waals surface area (Å²) in [6.07, 6.45) is 71.6. The summed E-state index contributed by atoms with van der Waals surface area (Å²) in [5.41, 5.74) is 0. The first-order valence-corrected chi connectivity index (χ1v) is 28.2. The van der Waals surface area contributed by atoms with E-state index in [2.05, 4.69) is 51.2 Å². The van der Waals surface area contributed by atoms with E-state index in [1.54, 1.807) is 0 Å². The first kappa shape index (κ1) is 63.6. The van der Waals surface area contributed by atoms with E-state index < -0.39 is 6.10 Å². The van der Waals surface area contributed by atoms with Crippen molar-refractivity contribution < 1.29 is 28.6 Å². The molecule has 0 spiro atoms. The van der Waals surface area contributed by atoms with Crippen LogP contribution in [0.25, 0.3) is 0 Å². The van der Waals surface area contributed by atoms with Crippen molar-refractivity contribution in [1.82, 2.24) is 0 Å². The number of carbonyl (C=O) groups excluding carboxylic acids is 3. The molecule has 0 aromatic rings. The molecule has 0 aromatic carbocycles. The van der Waals surface area contributed by atoms with Crippen LogP contribution >= 0.6 is 0 Å². The molecule has 0 aliphatic rings. The lowest BCUT2D eigenvalue weighted by Crippen LogP contribution is -2.30. The summed E-state index contributed by atoms with van der Waals surface area (Å²) in [7, 11) is 0. The Morgan fingerprint density at radius 3 is 0.985 bits per heavy atom. The third-order valence-corrected chi connectivity index (χ3v) is 12.0. The van der Waals surface area contributed by atoms with E-state index in [1.165, 1.54) is 148 Å². The Morgan fingerprint density at radius 1 is 0.313 bits per heavy atom. The van der Waals surface area contributed by atoms with E-state index in [0.717, 1.165) is 70.6 Å². The van der Waals surface area contributed by atoms with Gasteiger partial charge in [-0.2, -0.15) is 0 Å². The SMILES string of the molecule is CC/C=C/C=C/C=C/C=C/C=C/CCCC(=O)OCC(COC(=O)CCCCCCC/C=C/C=C/CCCCCCCCC)OC(=O)CCCCCCCCCCCCCCCCCCCC. The molecule has 1 unspecified atom stereocenters. The first-order valence-electron chi connectivity index (χ1n) is 28.2. The number of rotatable bonds is 50. The topological polar surface area (TPSA) is 78.9 Å². The molecule has 0 aromatic heterocycles. The highest BCUT2D eigenvalue weighted by Crippen LogP contribution is 2.16. The number of unbranched alkanes of at least 4 members (excludes halogenated alkanes) is 30. The minimum Gasteiger partial charge on any atom is -0.462 e. The maximum Gasteiger partial charge on any atom is 0.306 e. The molecule has 0 heterocycles. The summed E-state index contributed by atoms with van der Waals surface area (Å²) in [4.78, 5) is 38.1. The van der Waals surface area contributed by atoms with Crippen LogP contribution in [0.4, 0.5) is 0 Å².